The Morgan fingerprint density at radius 1 is 1.32 bits per heavy atom. The second-order valence-corrected chi connectivity index (χ2v) is 7.58. The van der Waals surface area contributed by atoms with E-state index < -0.39 is 0 Å². The van der Waals surface area contributed by atoms with E-state index in [0.29, 0.717) is 5.52 Å². The Hall–Kier alpha value is -1.83. The van der Waals surface area contributed by atoms with Gasteiger partial charge in [0.2, 0.25) is 5.91 Å². The summed E-state index contributed by atoms with van der Waals surface area (Å²) in [7, 11) is 0. The molecule has 0 aliphatic carbocycles. The number of aromatic nitrogens is 1. The third-order valence-electron chi connectivity index (χ3n) is 3.78. The molecular weight excluding hydrogens is 357 g/mol. The number of benzene rings is 1. The summed E-state index contributed by atoms with van der Waals surface area (Å²) in [6.07, 6.45) is 0.908. The Labute approximate surface area is 154 Å². The van der Waals surface area contributed by atoms with E-state index in [2.05, 4.69) is 15.6 Å². The smallest absolute Gasteiger partial charge is 0.221 e. The Bertz CT molecular complexity index is 917. The lowest BCUT2D eigenvalue weighted by atomic mass is 10.0. The molecule has 0 saturated heterocycles. The molecular formula is C18H20FN3OS2. The first-order valence-electron chi connectivity index (χ1n) is 8.31. The number of amides is 1. The summed E-state index contributed by atoms with van der Waals surface area (Å²) in [5.41, 5.74) is 2.91. The van der Waals surface area contributed by atoms with Crippen LogP contribution in [0.3, 0.4) is 0 Å². The molecule has 132 valence electrons. The highest BCUT2D eigenvalue weighted by molar-refractivity contribution is 7.22. The van der Waals surface area contributed by atoms with Crippen molar-refractivity contribution in [2.45, 2.75) is 33.7 Å². The van der Waals surface area contributed by atoms with Gasteiger partial charge < -0.3 is 10.6 Å². The van der Waals surface area contributed by atoms with Gasteiger partial charge in [-0.1, -0.05) is 13.8 Å². The number of halogens is 1. The number of rotatable bonds is 2. The summed E-state index contributed by atoms with van der Waals surface area (Å²) in [5.74, 6) is -0.377. The van der Waals surface area contributed by atoms with Gasteiger partial charge in [0.15, 0.2) is 0 Å². The fourth-order valence-corrected chi connectivity index (χ4v) is 5.17. The van der Waals surface area contributed by atoms with E-state index in [1.807, 2.05) is 13.8 Å². The van der Waals surface area contributed by atoms with E-state index in [0.717, 1.165) is 39.8 Å². The highest BCUT2D eigenvalue weighted by atomic mass is 32.1. The average molecular weight is 378 g/mol. The van der Waals surface area contributed by atoms with Crippen LogP contribution in [0.5, 0.6) is 0 Å². The largest absolute Gasteiger partial charge is 0.317 e. The van der Waals surface area contributed by atoms with E-state index in [-0.39, 0.29) is 11.7 Å². The molecule has 4 nitrogen and oxygen atoms in total. The van der Waals surface area contributed by atoms with Crippen LogP contribution in [0.2, 0.25) is 0 Å². The first kappa shape index (κ1) is 18.0. The maximum Gasteiger partial charge on any atom is 0.221 e. The van der Waals surface area contributed by atoms with Gasteiger partial charge in [-0.3, -0.25) is 4.79 Å². The first-order chi connectivity index (χ1) is 12.1. The summed E-state index contributed by atoms with van der Waals surface area (Å²) < 4.78 is 14.4. The van der Waals surface area contributed by atoms with Crippen molar-refractivity contribution >= 4 is 43.8 Å². The zero-order chi connectivity index (χ0) is 18.0. The molecule has 2 N–H and O–H groups in total. The fourth-order valence-electron chi connectivity index (χ4n) is 2.82. The topological polar surface area (TPSA) is 54.0 Å². The minimum absolute atomic E-state index is 0.0926. The number of nitrogens with one attached hydrogen (secondary N) is 2. The number of anilines is 1. The van der Waals surface area contributed by atoms with Crippen molar-refractivity contribution in [3.8, 4) is 10.6 Å². The van der Waals surface area contributed by atoms with Crippen LogP contribution in [0, 0.1) is 5.82 Å². The zero-order valence-electron chi connectivity index (χ0n) is 14.4. The number of carbonyl (C=O) groups excluding carboxylic acids is 1. The number of carbonyl (C=O) groups is 1. The molecule has 3 heterocycles. The van der Waals surface area contributed by atoms with Gasteiger partial charge in [-0.15, -0.1) is 22.7 Å². The Kier molecular flexibility index (Phi) is 5.46. The number of hydrogen-bond acceptors (Lipinski definition) is 5. The third-order valence-corrected chi connectivity index (χ3v) is 5.98. The molecule has 1 aliphatic rings. The summed E-state index contributed by atoms with van der Waals surface area (Å²) in [4.78, 5) is 17.4. The normalized spacial score (nSPS) is 13.1. The van der Waals surface area contributed by atoms with Gasteiger partial charge in [-0.25, -0.2) is 9.37 Å². The lowest BCUT2D eigenvalue weighted by Crippen LogP contribution is -2.22. The van der Waals surface area contributed by atoms with Crippen LogP contribution in [-0.2, 0) is 17.8 Å². The van der Waals surface area contributed by atoms with Crippen LogP contribution < -0.4 is 10.6 Å². The van der Waals surface area contributed by atoms with E-state index in [4.69, 9.17) is 0 Å². The summed E-state index contributed by atoms with van der Waals surface area (Å²) in [5, 5.41) is 7.96. The van der Waals surface area contributed by atoms with E-state index in [9.17, 15) is 9.18 Å². The molecule has 0 unspecified atom stereocenters. The average Bonchev–Trinajstić information content (AvgIpc) is 3.15. The summed E-state index contributed by atoms with van der Waals surface area (Å²) >= 11 is 3.13. The van der Waals surface area contributed by atoms with Crippen molar-refractivity contribution in [2.75, 3.05) is 11.9 Å². The van der Waals surface area contributed by atoms with Crippen molar-refractivity contribution in [1.82, 2.24) is 10.3 Å². The van der Waals surface area contributed by atoms with Crippen LogP contribution in [0.15, 0.2) is 18.2 Å². The van der Waals surface area contributed by atoms with Crippen LogP contribution in [-0.4, -0.2) is 17.4 Å². The van der Waals surface area contributed by atoms with Crippen molar-refractivity contribution in [3.05, 3.63) is 34.5 Å². The molecule has 7 heteroatoms. The minimum Gasteiger partial charge on any atom is -0.317 e. The number of hydrogen-bond donors (Lipinski definition) is 2. The maximum atomic E-state index is 13.4. The van der Waals surface area contributed by atoms with Gasteiger partial charge in [0, 0.05) is 30.0 Å². The number of fused-ring (bicyclic) bond motifs is 2. The molecule has 1 aliphatic heterocycles. The van der Waals surface area contributed by atoms with Gasteiger partial charge >= 0.3 is 0 Å². The molecule has 25 heavy (non-hydrogen) atoms. The van der Waals surface area contributed by atoms with Gasteiger partial charge in [-0.05, 0) is 30.7 Å². The van der Waals surface area contributed by atoms with Crippen LogP contribution in [0.1, 0.15) is 31.2 Å². The molecule has 1 aromatic carbocycles. The van der Waals surface area contributed by atoms with Crippen molar-refractivity contribution < 1.29 is 9.18 Å². The molecule has 2 aromatic heterocycles. The maximum absolute atomic E-state index is 13.4. The number of nitrogens with zero attached hydrogens (tertiary/aromatic N) is 1. The fraction of sp³-hybridized carbons (Fsp3) is 0.333. The minimum atomic E-state index is -0.284. The molecule has 0 radical (unpaired) electrons. The predicted molar refractivity (Wildman–Crippen MR) is 104 cm³/mol. The SMILES string of the molecule is CC.CC(=O)Nc1sc2c(c1-c1nc3cc(F)ccc3s1)CCNC2. The van der Waals surface area contributed by atoms with Gasteiger partial charge in [0.1, 0.15) is 15.8 Å². The highest BCUT2D eigenvalue weighted by Gasteiger charge is 2.24. The molecule has 0 bridgehead atoms. The molecule has 1 amide bonds. The molecule has 0 atom stereocenters. The molecule has 0 saturated carbocycles. The Morgan fingerprint density at radius 3 is 2.88 bits per heavy atom. The monoisotopic (exact) mass is 377 g/mol. The van der Waals surface area contributed by atoms with Gasteiger partial charge in [-0.2, -0.15) is 0 Å². The summed E-state index contributed by atoms with van der Waals surface area (Å²) in [6.45, 7) is 7.23. The first-order valence-corrected chi connectivity index (χ1v) is 9.94. The molecule has 4 rings (SSSR count). The van der Waals surface area contributed by atoms with Gasteiger partial charge in [0.05, 0.1) is 10.2 Å². The van der Waals surface area contributed by atoms with Crippen molar-refractivity contribution in [1.29, 1.82) is 0 Å². The van der Waals surface area contributed by atoms with Crippen LogP contribution >= 0.6 is 22.7 Å². The predicted octanol–water partition coefficient (Wildman–Crippen LogP) is 4.79. The van der Waals surface area contributed by atoms with Gasteiger partial charge in [0.25, 0.3) is 0 Å². The Morgan fingerprint density at radius 2 is 2.12 bits per heavy atom. The molecule has 3 aromatic rings. The number of thiazole rings is 1. The second-order valence-electron chi connectivity index (χ2n) is 5.45. The third kappa shape index (κ3) is 3.58. The van der Waals surface area contributed by atoms with E-state index in [1.165, 1.54) is 40.8 Å². The van der Waals surface area contributed by atoms with Crippen molar-refractivity contribution in [3.63, 3.8) is 0 Å². The quantitative estimate of drug-likeness (QED) is 0.675. The van der Waals surface area contributed by atoms with Crippen molar-refractivity contribution in [2.24, 2.45) is 0 Å². The van der Waals surface area contributed by atoms with Crippen LogP contribution in [0.4, 0.5) is 9.39 Å². The van der Waals surface area contributed by atoms with E-state index >= 15 is 0 Å². The standard InChI is InChI=1S/C16H14FN3OS2.C2H6/c1-8(21)19-15-14(10-4-5-18-7-13(10)23-15)16-20-11-6-9(17)2-3-12(11)22-16;1-2/h2-3,6,18H,4-5,7H2,1H3,(H,19,21);1-2H3. The summed E-state index contributed by atoms with van der Waals surface area (Å²) in [6, 6.07) is 4.66. The molecule has 0 fully saturated rings. The van der Waals surface area contributed by atoms with E-state index in [1.54, 1.807) is 17.4 Å². The Balaban J connectivity index is 0.000000880. The highest BCUT2D eigenvalue weighted by Crippen LogP contribution is 2.44. The second kappa shape index (κ2) is 7.59. The number of thiophene rings is 1. The van der Waals surface area contributed by atoms with Crippen LogP contribution in [0.25, 0.3) is 20.8 Å². The lowest BCUT2D eigenvalue weighted by Gasteiger charge is -2.13. The molecule has 0 spiro atoms. The lowest BCUT2D eigenvalue weighted by molar-refractivity contribution is -0.114. The zero-order valence-corrected chi connectivity index (χ0v) is 16.0.